The summed E-state index contributed by atoms with van der Waals surface area (Å²) in [6.07, 6.45) is 0. The lowest BCUT2D eigenvalue weighted by Crippen LogP contribution is -2.12. The van der Waals surface area contributed by atoms with Crippen LogP contribution in [0.5, 0.6) is 5.75 Å². The minimum Gasteiger partial charge on any atom is -0.496 e. The van der Waals surface area contributed by atoms with E-state index in [1.165, 1.54) is 10.4 Å². The number of ether oxygens (including phenoxy) is 1. The van der Waals surface area contributed by atoms with Gasteiger partial charge in [0.2, 0.25) is 0 Å². The molecule has 1 aromatic heterocycles. The Morgan fingerprint density at radius 3 is 2.61 bits per heavy atom. The minimum atomic E-state index is -0.145. The van der Waals surface area contributed by atoms with Crippen molar-refractivity contribution in [3.63, 3.8) is 0 Å². The van der Waals surface area contributed by atoms with Crippen molar-refractivity contribution in [2.24, 2.45) is 0 Å². The summed E-state index contributed by atoms with van der Waals surface area (Å²) in [7, 11) is 1.56. The van der Waals surface area contributed by atoms with Gasteiger partial charge in [0.05, 0.1) is 17.7 Å². The summed E-state index contributed by atoms with van der Waals surface area (Å²) in [4.78, 5) is 13.3. The van der Waals surface area contributed by atoms with Crippen LogP contribution in [0.4, 0.5) is 5.00 Å². The predicted octanol–water partition coefficient (Wildman–Crippen LogP) is 3.63. The summed E-state index contributed by atoms with van der Waals surface area (Å²) >= 11 is 1.58. The molecule has 0 bridgehead atoms. The number of hydrogen-bond donors (Lipinski definition) is 1. The molecule has 0 atom stereocenters. The number of thiophene rings is 1. The van der Waals surface area contributed by atoms with Gasteiger partial charge in [0.25, 0.3) is 5.91 Å². The number of nitrogens with one attached hydrogen (secondary N) is 1. The van der Waals surface area contributed by atoms with E-state index in [1.807, 2.05) is 32.0 Å². The highest BCUT2D eigenvalue weighted by molar-refractivity contribution is 7.16. The molecule has 3 nitrogen and oxygen atoms in total. The zero-order valence-corrected chi connectivity index (χ0v) is 11.4. The summed E-state index contributed by atoms with van der Waals surface area (Å²) in [5.41, 5.74) is 1.74. The van der Waals surface area contributed by atoms with Gasteiger partial charge in [-0.25, -0.2) is 0 Å². The summed E-state index contributed by atoms with van der Waals surface area (Å²) < 4.78 is 5.18. The number of carbonyl (C=O) groups excluding carboxylic acids is 1. The SMILES string of the molecule is COc1ccccc1C(=O)Nc1cc(C)c(C)s1. The molecule has 0 saturated heterocycles. The van der Waals surface area contributed by atoms with Crippen LogP contribution in [-0.4, -0.2) is 13.0 Å². The lowest BCUT2D eigenvalue weighted by atomic mass is 10.2. The van der Waals surface area contributed by atoms with Gasteiger partial charge in [0, 0.05) is 4.88 Å². The van der Waals surface area contributed by atoms with Crippen LogP contribution >= 0.6 is 11.3 Å². The van der Waals surface area contributed by atoms with E-state index in [0.717, 1.165) is 5.00 Å². The Bertz CT molecular complexity index is 555. The van der Waals surface area contributed by atoms with Crippen LogP contribution in [0.2, 0.25) is 0 Å². The smallest absolute Gasteiger partial charge is 0.260 e. The first-order valence-electron chi connectivity index (χ1n) is 5.63. The number of amides is 1. The third-order valence-electron chi connectivity index (χ3n) is 2.75. The van der Waals surface area contributed by atoms with E-state index in [1.54, 1.807) is 30.6 Å². The van der Waals surface area contributed by atoms with E-state index in [9.17, 15) is 4.79 Å². The molecule has 0 aliphatic carbocycles. The van der Waals surface area contributed by atoms with Crippen LogP contribution in [0.25, 0.3) is 0 Å². The van der Waals surface area contributed by atoms with Crippen molar-refractivity contribution in [3.05, 3.63) is 46.3 Å². The Hall–Kier alpha value is -1.81. The molecule has 1 aromatic carbocycles. The van der Waals surface area contributed by atoms with Gasteiger partial charge in [-0.3, -0.25) is 4.79 Å². The molecular weight excluding hydrogens is 246 g/mol. The van der Waals surface area contributed by atoms with Gasteiger partial charge in [-0.15, -0.1) is 11.3 Å². The first kappa shape index (κ1) is 12.6. The van der Waals surface area contributed by atoms with Crippen LogP contribution in [0.1, 0.15) is 20.8 Å². The maximum atomic E-state index is 12.1. The molecule has 0 radical (unpaired) electrons. The molecular formula is C14H15NO2S. The van der Waals surface area contributed by atoms with Gasteiger partial charge >= 0.3 is 0 Å². The van der Waals surface area contributed by atoms with Crippen LogP contribution in [0, 0.1) is 13.8 Å². The van der Waals surface area contributed by atoms with E-state index in [-0.39, 0.29) is 5.91 Å². The Kier molecular flexibility index (Phi) is 3.67. The molecule has 0 saturated carbocycles. The predicted molar refractivity (Wildman–Crippen MR) is 74.7 cm³/mol. The second kappa shape index (κ2) is 5.23. The molecule has 0 aliphatic heterocycles. The quantitative estimate of drug-likeness (QED) is 0.916. The molecule has 0 fully saturated rings. The van der Waals surface area contributed by atoms with E-state index < -0.39 is 0 Å². The molecule has 1 N–H and O–H groups in total. The van der Waals surface area contributed by atoms with Crippen LogP contribution in [-0.2, 0) is 0 Å². The Labute approximate surface area is 110 Å². The van der Waals surface area contributed by atoms with Crippen molar-refractivity contribution in [2.75, 3.05) is 12.4 Å². The number of para-hydroxylation sites is 1. The normalized spacial score (nSPS) is 10.2. The minimum absolute atomic E-state index is 0.145. The maximum Gasteiger partial charge on any atom is 0.260 e. The first-order chi connectivity index (χ1) is 8.61. The number of hydrogen-bond acceptors (Lipinski definition) is 3. The van der Waals surface area contributed by atoms with Crippen molar-refractivity contribution in [1.29, 1.82) is 0 Å². The van der Waals surface area contributed by atoms with Crippen LogP contribution < -0.4 is 10.1 Å². The number of rotatable bonds is 3. The summed E-state index contributed by atoms with van der Waals surface area (Å²) in [6, 6.07) is 9.17. The third-order valence-corrected chi connectivity index (χ3v) is 3.82. The molecule has 1 amide bonds. The van der Waals surface area contributed by atoms with Gasteiger partial charge in [-0.2, -0.15) is 0 Å². The summed E-state index contributed by atoms with van der Waals surface area (Å²) in [5.74, 6) is 0.439. The average molecular weight is 261 g/mol. The highest BCUT2D eigenvalue weighted by atomic mass is 32.1. The molecule has 4 heteroatoms. The van der Waals surface area contributed by atoms with Crippen LogP contribution in [0.3, 0.4) is 0 Å². The molecule has 94 valence electrons. The molecule has 2 rings (SSSR count). The summed E-state index contributed by atoms with van der Waals surface area (Å²) in [5, 5.41) is 3.76. The van der Waals surface area contributed by atoms with E-state index in [0.29, 0.717) is 11.3 Å². The lowest BCUT2D eigenvalue weighted by Gasteiger charge is -2.07. The zero-order chi connectivity index (χ0) is 13.1. The maximum absolute atomic E-state index is 12.1. The zero-order valence-electron chi connectivity index (χ0n) is 10.6. The van der Waals surface area contributed by atoms with E-state index in [4.69, 9.17) is 4.74 Å². The third kappa shape index (κ3) is 2.54. The molecule has 2 aromatic rings. The van der Waals surface area contributed by atoms with Gasteiger partial charge in [0.15, 0.2) is 0 Å². The van der Waals surface area contributed by atoms with Crippen molar-refractivity contribution in [1.82, 2.24) is 0 Å². The van der Waals surface area contributed by atoms with E-state index in [2.05, 4.69) is 5.32 Å². The van der Waals surface area contributed by atoms with Gasteiger partial charge in [-0.05, 0) is 37.6 Å². The lowest BCUT2D eigenvalue weighted by molar-refractivity contribution is 0.102. The standard InChI is InChI=1S/C14H15NO2S/c1-9-8-13(18-10(9)2)15-14(16)11-6-4-5-7-12(11)17-3/h4-8H,1-3H3,(H,15,16). The van der Waals surface area contributed by atoms with Gasteiger partial charge in [-0.1, -0.05) is 12.1 Å². The first-order valence-corrected chi connectivity index (χ1v) is 6.45. The van der Waals surface area contributed by atoms with Crippen molar-refractivity contribution < 1.29 is 9.53 Å². The second-order valence-electron chi connectivity index (χ2n) is 4.00. The Balaban J connectivity index is 2.22. The number of anilines is 1. The monoisotopic (exact) mass is 261 g/mol. The number of methoxy groups -OCH3 is 1. The van der Waals surface area contributed by atoms with Crippen molar-refractivity contribution in [3.8, 4) is 5.75 Å². The fourth-order valence-corrected chi connectivity index (χ4v) is 2.58. The van der Waals surface area contributed by atoms with Gasteiger partial charge < -0.3 is 10.1 Å². The summed E-state index contributed by atoms with van der Waals surface area (Å²) in [6.45, 7) is 4.07. The number of aryl methyl sites for hydroxylation is 2. The fraction of sp³-hybridized carbons (Fsp3) is 0.214. The molecule has 18 heavy (non-hydrogen) atoms. The molecule has 0 aliphatic rings. The highest BCUT2D eigenvalue weighted by Crippen LogP contribution is 2.27. The fourth-order valence-electron chi connectivity index (χ4n) is 1.65. The number of benzene rings is 1. The topological polar surface area (TPSA) is 38.3 Å². The van der Waals surface area contributed by atoms with Crippen molar-refractivity contribution in [2.45, 2.75) is 13.8 Å². The Morgan fingerprint density at radius 1 is 1.28 bits per heavy atom. The average Bonchev–Trinajstić information content (AvgIpc) is 2.68. The van der Waals surface area contributed by atoms with Gasteiger partial charge in [0.1, 0.15) is 5.75 Å². The number of carbonyl (C=O) groups is 1. The van der Waals surface area contributed by atoms with Crippen LogP contribution in [0.15, 0.2) is 30.3 Å². The molecule has 1 heterocycles. The molecule has 0 unspecified atom stereocenters. The Morgan fingerprint density at radius 2 is 2.00 bits per heavy atom. The highest BCUT2D eigenvalue weighted by Gasteiger charge is 2.12. The van der Waals surface area contributed by atoms with Crippen molar-refractivity contribution >= 4 is 22.2 Å². The van der Waals surface area contributed by atoms with E-state index >= 15 is 0 Å². The largest absolute Gasteiger partial charge is 0.496 e. The molecule has 0 spiro atoms. The second-order valence-corrected chi connectivity index (χ2v) is 5.26.